The van der Waals surface area contributed by atoms with E-state index in [0.29, 0.717) is 0 Å². The van der Waals surface area contributed by atoms with Crippen molar-refractivity contribution in [2.75, 3.05) is 30.5 Å². The third-order valence-corrected chi connectivity index (χ3v) is 10.3. The number of para-hydroxylation sites is 2. The van der Waals surface area contributed by atoms with E-state index in [1.54, 1.807) is 7.11 Å². The number of methoxy groups -OCH3 is 1. The van der Waals surface area contributed by atoms with Crippen molar-refractivity contribution in [2.24, 2.45) is 5.73 Å². The van der Waals surface area contributed by atoms with E-state index in [-0.39, 0.29) is 5.41 Å². The smallest absolute Gasteiger partial charge is 0.119 e. The molecule has 4 heterocycles. The summed E-state index contributed by atoms with van der Waals surface area (Å²) in [5, 5.41) is 2.59. The number of aryl methyl sites for hydroxylation is 5. The lowest BCUT2D eigenvalue weighted by atomic mass is 9.84. The van der Waals surface area contributed by atoms with Gasteiger partial charge < -0.3 is 25.3 Å². The number of nitrogens with one attached hydrogen (secondary N) is 2. The topological polar surface area (TPSA) is 73.3 Å². The zero-order valence-corrected chi connectivity index (χ0v) is 32.0. The van der Waals surface area contributed by atoms with Crippen molar-refractivity contribution in [3.8, 4) is 17.8 Å². The van der Waals surface area contributed by atoms with Gasteiger partial charge in [-0.15, -0.1) is 0 Å². The quantitative estimate of drug-likeness (QED) is 0.119. The molecule has 0 atom stereocenters. The minimum Gasteiger partial charge on any atom is -0.497 e. The first kappa shape index (κ1) is 36.7. The van der Waals surface area contributed by atoms with E-state index < -0.39 is 0 Å². The SMILES string of the molecule is C/C=C1/N(C)c2ccccc2C1(C)C.COc1ccc2[nH]c(C)c(C)c2c1.Cc1[nH]c2ccccc2c1C.Cc1ccc2c(c1)CCN2C#CN. The maximum Gasteiger partial charge on any atom is 0.119 e. The van der Waals surface area contributed by atoms with Gasteiger partial charge in [-0.25, -0.2) is 0 Å². The molecule has 0 fully saturated rings. The van der Waals surface area contributed by atoms with E-state index in [2.05, 4.69) is 168 Å². The van der Waals surface area contributed by atoms with E-state index in [4.69, 9.17) is 10.5 Å². The summed E-state index contributed by atoms with van der Waals surface area (Å²) in [4.78, 5) is 10.9. The molecular weight excluding hydrogens is 627 g/mol. The van der Waals surface area contributed by atoms with Crippen LogP contribution >= 0.6 is 0 Å². The lowest BCUT2D eigenvalue weighted by Crippen LogP contribution is -2.22. The molecule has 264 valence electrons. The van der Waals surface area contributed by atoms with Crippen molar-refractivity contribution in [3.63, 3.8) is 0 Å². The molecule has 6 nitrogen and oxygen atoms in total. The summed E-state index contributed by atoms with van der Waals surface area (Å²) in [5.41, 5.74) is 21.0. The second kappa shape index (κ2) is 15.6. The van der Waals surface area contributed by atoms with Crippen molar-refractivity contribution in [3.05, 3.63) is 136 Å². The Morgan fingerprint density at radius 1 is 0.784 bits per heavy atom. The number of likely N-dealkylation sites (N-methyl/N-ethyl adjacent to an activating group) is 1. The van der Waals surface area contributed by atoms with Gasteiger partial charge in [-0.1, -0.05) is 74.0 Å². The molecule has 51 heavy (non-hydrogen) atoms. The molecular formula is C45H53N5O. The minimum atomic E-state index is 0.153. The molecule has 0 spiro atoms. The van der Waals surface area contributed by atoms with Crippen LogP contribution in [0.15, 0.2) is 96.7 Å². The summed E-state index contributed by atoms with van der Waals surface area (Å²) in [6.45, 7) is 18.2. The van der Waals surface area contributed by atoms with Crippen molar-refractivity contribution in [2.45, 2.75) is 67.2 Å². The molecule has 0 amide bonds. The number of aromatic amines is 2. The molecule has 0 saturated heterocycles. The van der Waals surface area contributed by atoms with Gasteiger partial charge in [0.1, 0.15) is 5.75 Å². The van der Waals surface area contributed by atoms with Crippen LogP contribution in [-0.4, -0.2) is 30.7 Å². The summed E-state index contributed by atoms with van der Waals surface area (Å²) in [6, 6.07) is 34.9. The first-order valence-corrected chi connectivity index (χ1v) is 17.7. The number of ether oxygens (including phenoxy) is 1. The van der Waals surface area contributed by atoms with E-state index in [0.717, 1.165) is 18.7 Å². The van der Waals surface area contributed by atoms with Gasteiger partial charge in [0.05, 0.1) is 12.8 Å². The highest BCUT2D eigenvalue weighted by molar-refractivity contribution is 5.86. The Morgan fingerprint density at radius 2 is 1.43 bits per heavy atom. The lowest BCUT2D eigenvalue weighted by Gasteiger charge is -2.23. The molecule has 0 aliphatic carbocycles. The van der Waals surface area contributed by atoms with Crippen LogP contribution in [0.4, 0.5) is 11.4 Å². The average molecular weight is 680 g/mol. The zero-order chi connectivity index (χ0) is 36.9. The van der Waals surface area contributed by atoms with Crippen molar-refractivity contribution >= 4 is 33.2 Å². The normalized spacial score (nSPS) is 14.4. The maximum absolute atomic E-state index is 5.19. The number of hydrogen-bond acceptors (Lipinski definition) is 4. The van der Waals surface area contributed by atoms with Crippen molar-refractivity contribution in [1.82, 2.24) is 9.97 Å². The number of allylic oxidation sites excluding steroid dienone is 2. The number of hydrogen-bond donors (Lipinski definition) is 3. The highest BCUT2D eigenvalue weighted by Crippen LogP contribution is 2.46. The minimum absolute atomic E-state index is 0.153. The van der Waals surface area contributed by atoms with Gasteiger partial charge in [0.25, 0.3) is 0 Å². The van der Waals surface area contributed by atoms with Gasteiger partial charge in [0, 0.05) is 75.7 Å². The Kier molecular flexibility index (Phi) is 11.2. The highest BCUT2D eigenvalue weighted by atomic mass is 16.5. The van der Waals surface area contributed by atoms with E-state index in [9.17, 15) is 0 Å². The molecule has 2 aliphatic heterocycles. The Hall–Kier alpha value is -5.54. The number of fused-ring (bicyclic) bond motifs is 4. The van der Waals surface area contributed by atoms with Crippen LogP contribution in [0, 0.1) is 46.7 Å². The van der Waals surface area contributed by atoms with E-state index in [1.165, 1.54) is 78.1 Å². The van der Waals surface area contributed by atoms with E-state index >= 15 is 0 Å². The predicted molar refractivity (Wildman–Crippen MR) is 218 cm³/mol. The number of anilines is 2. The fraction of sp³-hybridized carbons (Fsp3) is 0.289. The predicted octanol–water partition coefficient (Wildman–Crippen LogP) is 10.1. The van der Waals surface area contributed by atoms with Gasteiger partial charge in [-0.05, 0) is 107 Å². The van der Waals surface area contributed by atoms with Gasteiger partial charge in [-0.2, -0.15) is 0 Å². The maximum atomic E-state index is 5.19. The third-order valence-electron chi connectivity index (χ3n) is 10.3. The number of nitrogens with zero attached hydrogens (tertiary/aromatic N) is 2. The second-order valence-electron chi connectivity index (χ2n) is 13.9. The Morgan fingerprint density at radius 3 is 2.08 bits per heavy atom. The van der Waals surface area contributed by atoms with Gasteiger partial charge >= 0.3 is 0 Å². The summed E-state index contributed by atoms with van der Waals surface area (Å²) >= 11 is 0. The average Bonchev–Trinajstić information content (AvgIpc) is 3.81. The number of H-pyrrole nitrogens is 2. The first-order chi connectivity index (χ1) is 24.4. The molecule has 0 radical (unpaired) electrons. The molecule has 0 saturated carbocycles. The number of aromatic nitrogens is 2. The van der Waals surface area contributed by atoms with Crippen LogP contribution < -0.4 is 20.3 Å². The molecule has 4 aromatic carbocycles. The molecule has 2 aromatic heterocycles. The summed E-state index contributed by atoms with van der Waals surface area (Å²) in [5.74, 6) is 0.912. The summed E-state index contributed by atoms with van der Waals surface area (Å²) in [6.07, 6.45) is 3.28. The molecule has 6 aromatic rings. The van der Waals surface area contributed by atoms with Crippen molar-refractivity contribution < 1.29 is 4.74 Å². The van der Waals surface area contributed by atoms with Gasteiger partial charge in [-0.3, -0.25) is 4.90 Å². The molecule has 6 heteroatoms. The highest BCUT2D eigenvalue weighted by Gasteiger charge is 2.37. The largest absolute Gasteiger partial charge is 0.497 e. The molecule has 8 rings (SSSR count). The third kappa shape index (κ3) is 7.64. The van der Waals surface area contributed by atoms with Crippen LogP contribution in [0.25, 0.3) is 21.8 Å². The second-order valence-corrected chi connectivity index (χ2v) is 13.9. The molecule has 0 unspecified atom stereocenters. The fourth-order valence-electron chi connectivity index (χ4n) is 7.24. The van der Waals surface area contributed by atoms with Crippen LogP contribution in [0.2, 0.25) is 0 Å². The lowest BCUT2D eigenvalue weighted by molar-refractivity contribution is 0.415. The number of rotatable bonds is 1. The molecule has 0 bridgehead atoms. The zero-order valence-electron chi connectivity index (χ0n) is 32.0. The standard InChI is InChI=1S/C13H17N.C11H12N2.C11H13NO.C10H11N/c1-5-12-13(2,3)10-8-6-7-9-11(10)14(12)4;1-9-2-3-11-10(8-9)4-6-13(11)7-5-12;1-7-8(2)12-11-5-4-9(13-3)6-10(7)11;1-7-8(2)11-10-6-4-3-5-9(7)10/h5-9H,1-4H3;2-3,8H,4,6,12H2,1H3;4-6,12H,1-3H3;3-6,11H,1-2H3/b12-5+;;;. The van der Waals surface area contributed by atoms with Gasteiger partial charge in [0.15, 0.2) is 0 Å². The Bertz CT molecular complexity index is 2240. The summed E-state index contributed by atoms with van der Waals surface area (Å²) < 4.78 is 5.17. The number of benzene rings is 4. The van der Waals surface area contributed by atoms with Crippen molar-refractivity contribution in [1.29, 1.82) is 0 Å². The molecule has 2 aliphatic rings. The van der Waals surface area contributed by atoms with Crippen LogP contribution in [0.3, 0.4) is 0 Å². The monoisotopic (exact) mass is 679 g/mol. The Labute approximate surface area is 304 Å². The molecule has 4 N–H and O–H groups in total. The van der Waals surface area contributed by atoms with Gasteiger partial charge in [0.2, 0.25) is 0 Å². The van der Waals surface area contributed by atoms with Crippen LogP contribution in [0.5, 0.6) is 5.75 Å². The van der Waals surface area contributed by atoms with Crippen LogP contribution in [-0.2, 0) is 11.8 Å². The number of nitrogens with two attached hydrogens (primary N) is 1. The fourth-order valence-corrected chi connectivity index (χ4v) is 7.24. The Balaban J connectivity index is 0.000000132. The summed E-state index contributed by atoms with van der Waals surface area (Å²) in [7, 11) is 3.83. The van der Waals surface area contributed by atoms with Crippen LogP contribution in [0.1, 0.15) is 60.0 Å². The first-order valence-electron chi connectivity index (χ1n) is 17.7. The van der Waals surface area contributed by atoms with E-state index in [1.807, 2.05) is 17.0 Å².